The van der Waals surface area contributed by atoms with Crippen molar-refractivity contribution in [2.75, 3.05) is 20.6 Å². The highest BCUT2D eigenvalue weighted by Crippen LogP contribution is 2.41. The highest BCUT2D eigenvalue weighted by molar-refractivity contribution is 5.94. The van der Waals surface area contributed by atoms with Gasteiger partial charge in [-0.3, -0.25) is 4.79 Å². The molecule has 146 valence electrons. The Balaban J connectivity index is 2.03. The van der Waals surface area contributed by atoms with Crippen molar-refractivity contribution in [3.8, 4) is 17.0 Å². The highest BCUT2D eigenvalue weighted by atomic mass is 16.5. The average molecular weight is 377 g/mol. The van der Waals surface area contributed by atoms with Crippen molar-refractivity contribution in [1.82, 2.24) is 9.47 Å². The summed E-state index contributed by atoms with van der Waals surface area (Å²) in [5, 5.41) is 1.16. The van der Waals surface area contributed by atoms with Gasteiger partial charge in [0.15, 0.2) is 5.43 Å². The maximum Gasteiger partial charge on any atom is 0.191 e. The van der Waals surface area contributed by atoms with E-state index in [4.69, 9.17) is 4.74 Å². The quantitative estimate of drug-likeness (QED) is 0.636. The van der Waals surface area contributed by atoms with Crippen LogP contribution in [0.4, 0.5) is 0 Å². The van der Waals surface area contributed by atoms with Gasteiger partial charge in [-0.1, -0.05) is 18.2 Å². The largest absolute Gasteiger partial charge is 0.483 e. The van der Waals surface area contributed by atoms with Gasteiger partial charge in [-0.25, -0.2) is 0 Å². The van der Waals surface area contributed by atoms with Gasteiger partial charge in [0.2, 0.25) is 0 Å². The number of ether oxygens (including phenoxy) is 1. The van der Waals surface area contributed by atoms with Gasteiger partial charge in [0.05, 0.1) is 11.3 Å². The molecule has 3 aliphatic rings. The number of nitrogens with zero attached hydrogens (tertiary/aromatic N) is 2. The second-order valence-electron chi connectivity index (χ2n) is 8.51. The molecule has 0 amide bonds. The van der Waals surface area contributed by atoms with Crippen LogP contribution in [0.5, 0.6) is 5.75 Å². The lowest BCUT2D eigenvalue weighted by Gasteiger charge is -2.31. The van der Waals surface area contributed by atoms with Gasteiger partial charge in [0.1, 0.15) is 11.4 Å². The molecule has 0 saturated carbocycles. The van der Waals surface area contributed by atoms with Crippen LogP contribution in [-0.2, 0) is 13.5 Å². The number of aromatic nitrogens is 1. The second-order valence-corrected chi connectivity index (χ2v) is 8.51. The van der Waals surface area contributed by atoms with Crippen molar-refractivity contribution in [1.29, 1.82) is 0 Å². The predicted molar refractivity (Wildman–Crippen MR) is 116 cm³/mol. The molecule has 0 saturated heterocycles. The standard InChI is InChI=1S/C24H28N2O2/c1-24(2)13-12-18-21(28-24)15-20(27)22-17(10-8-14-25(3)4)16-9-6-7-11-19(16)26(5)23(18)22/h6-7,9,11-13,15H,8,10,14H2,1-5H3. The minimum atomic E-state index is -0.406. The molecule has 0 radical (unpaired) electrons. The van der Waals surface area contributed by atoms with E-state index in [0.717, 1.165) is 52.7 Å². The van der Waals surface area contributed by atoms with Crippen molar-refractivity contribution >= 4 is 17.0 Å². The molecule has 1 aliphatic carbocycles. The Bertz CT molecular complexity index is 1110. The fraction of sp³-hybridized carbons (Fsp3) is 0.375. The van der Waals surface area contributed by atoms with E-state index in [1.54, 1.807) is 6.07 Å². The van der Waals surface area contributed by atoms with Crippen molar-refractivity contribution < 1.29 is 4.74 Å². The smallest absolute Gasteiger partial charge is 0.191 e. The second kappa shape index (κ2) is 6.78. The summed E-state index contributed by atoms with van der Waals surface area (Å²) in [5.74, 6) is 0.676. The molecule has 0 bridgehead atoms. The summed E-state index contributed by atoms with van der Waals surface area (Å²) >= 11 is 0. The maximum atomic E-state index is 13.2. The molecule has 0 fully saturated rings. The Morgan fingerprint density at radius 1 is 1.18 bits per heavy atom. The van der Waals surface area contributed by atoms with Crippen LogP contribution in [0.3, 0.4) is 0 Å². The van der Waals surface area contributed by atoms with Crippen LogP contribution in [0, 0.1) is 0 Å². The number of pyridine rings is 1. The first-order chi connectivity index (χ1) is 13.3. The molecular formula is C24H28N2O2. The SMILES string of the molecule is CN(C)CCCc1c2c(=O)cc3c(c-2n(C)c2ccccc12)C=CC(C)(C)O3. The average Bonchev–Trinajstić information content (AvgIpc) is 2.63. The normalized spacial score (nSPS) is 15.2. The number of rotatable bonds is 4. The predicted octanol–water partition coefficient (Wildman–Crippen LogP) is 4.32. The van der Waals surface area contributed by atoms with Crippen LogP contribution in [0.15, 0.2) is 41.2 Å². The fourth-order valence-corrected chi connectivity index (χ4v) is 4.23. The van der Waals surface area contributed by atoms with E-state index in [1.165, 1.54) is 0 Å². The van der Waals surface area contributed by atoms with E-state index < -0.39 is 5.60 Å². The Morgan fingerprint density at radius 2 is 1.93 bits per heavy atom. The molecular weight excluding hydrogens is 348 g/mol. The first kappa shape index (κ1) is 18.8. The van der Waals surface area contributed by atoms with E-state index >= 15 is 0 Å². The van der Waals surface area contributed by atoms with Crippen LogP contribution in [0.2, 0.25) is 0 Å². The van der Waals surface area contributed by atoms with E-state index in [-0.39, 0.29) is 5.43 Å². The topological polar surface area (TPSA) is 34.5 Å². The van der Waals surface area contributed by atoms with Crippen LogP contribution in [0.25, 0.3) is 28.2 Å². The first-order valence-corrected chi connectivity index (χ1v) is 9.89. The number of hydrogen-bond donors (Lipinski definition) is 0. The van der Waals surface area contributed by atoms with Gasteiger partial charge in [-0.15, -0.1) is 0 Å². The van der Waals surface area contributed by atoms with Crippen LogP contribution >= 0.6 is 0 Å². The van der Waals surface area contributed by atoms with Gasteiger partial charge >= 0.3 is 0 Å². The van der Waals surface area contributed by atoms with E-state index in [1.807, 2.05) is 20.9 Å². The summed E-state index contributed by atoms with van der Waals surface area (Å²) in [7, 11) is 6.21. The lowest BCUT2D eigenvalue weighted by atomic mass is 9.89. The number of benzene rings is 2. The van der Waals surface area contributed by atoms with Crippen LogP contribution < -0.4 is 10.2 Å². The summed E-state index contributed by atoms with van der Waals surface area (Å²) in [4.78, 5) is 15.4. The summed E-state index contributed by atoms with van der Waals surface area (Å²) in [6.45, 7) is 5.01. The third-order valence-corrected chi connectivity index (χ3v) is 5.55. The molecule has 4 nitrogen and oxygen atoms in total. The summed E-state index contributed by atoms with van der Waals surface area (Å²) in [6, 6.07) is 10.0. The summed E-state index contributed by atoms with van der Waals surface area (Å²) in [6.07, 6.45) is 6.06. The Hall–Kier alpha value is -2.59. The summed E-state index contributed by atoms with van der Waals surface area (Å²) < 4.78 is 8.27. The molecule has 0 atom stereocenters. The van der Waals surface area contributed by atoms with Crippen molar-refractivity contribution in [3.05, 3.63) is 57.8 Å². The summed E-state index contributed by atoms with van der Waals surface area (Å²) in [5.41, 5.74) is 4.71. The van der Waals surface area contributed by atoms with E-state index in [0.29, 0.717) is 5.75 Å². The fourth-order valence-electron chi connectivity index (χ4n) is 4.23. The van der Waals surface area contributed by atoms with Gasteiger partial charge in [0.25, 0.3) is 0 Å². The zero-order chi connectivity index (χ0) is 20.1. The van der Waals surface area contributed by atoms with E-state index in [2.05, 4.69) is 60.0 Å². The molecule has 0 aromatic heterocycles. The molecule has 4 heteroatoms. The van der Waals surface area contributed by atoms with Gasteiger partial charge in [-0.2, -0.15) is 0 Å². The highest BCUT2D eigenvalue weighted by Gasteiger charge is 2.29. The lowest BCUT2D eigenvalue weighted by Crippen LogP contribution is -2.29. The Kier molecular flexibility index (Phi) is 4.54. The number of aryl methyl sites for hydroxylation is 2. The molecule has 2 heterocycles. The number of hydrogen-bond acceptors (Lipinski definition) is 3. The zero-order valence-electron chi connectivity index (χ0n) is 17.4. The van der Waals surface area contributed by atoms with Gasteiger partial charge in [-0.05, 0) is 71.1 Å². The maximum absolute atomic E-state index is 13.2. The molecule has 2 aliphatic heterocycles. The molecule has 1 aromatic rings. The minimum Gasteiger partial charge on any atom is -0.483 e. The van der Waals surface area contributed by atoms with Crippen molar-refractivity contribution in [3.63, 3.8) is 0 Å². The zero-order valence-corrected chi connectivity index (χ0v) is 17.4. The first-order valence-electron chi connectivity index (χ1n) is 9.89. The lowest BCUT2D eigenvalue weighted by molar-refractivity contribution is 0.159. The molecule has 0 N–H and O–H groups in total. The molecule has 4 rings (SSSR count). The number of para-hydroxylation sites is 1. The minimum absolute atomic E-state index is 0.0426. The molecule has 28 heavy (non-hydrogen) atoms. The monoisotopic (exact) mass is 376 g/mol. The van der Waals surface area contributed by atoms with Crippen molar-refractivity contribution in [2.45, 2.75) is 32.3 Å². The number of fused-ring (bicyclic) bond motifs is 4. The van der Waals surface area contributed by atoms with Crippen LogP contribution in [-0.4, -0.2) is 35.7 Å². The van der Waals surface area contributed by atoms with Gasteiger partial charge in [0, 0.05) is 29.6 Å². The molecule has 1 aromatic carbocycles. The molecule has 0 spiro atoms. The Labute approximate surface area is 166 Å². The van der Waals surface area contributed by atoms with Crippen LogP contribution in [0.1, 0.15) is 31.4 Å². The van der Waals surface area contributed by atoms with Crippen molar-refractivity contribution in [2.24, 2.45) is 7.05 Å². The molecule has 0 unspecified atom stereocenters. The third-order valence-electron chi connectivity index (χ3n) is 5.55. The van der Waals surface area contributed by atoms with Gasteiger partial charge < -0.3 is 14.2 Å². The Morgan fingerprint density at radius 3 is 2.68 bits per heavy atom. The van der Waals surface area contributed by atoms with E-state index in [9.17, 15) is 4.79 Å². The third kappa shape index (κ3) is 3.12.